The first-order valence-corrected chi connectivity index (χ1v) is 13.9. The number of aryl methyl sites for hydroxylation is 1. The summed E-state index contributed by atoms with van der Waals surface area (Å²) in [6.07, 6.45) is 5.58. The van der Waals surface area contributed by atoms with E-state index in [0.717, 1.165) is 42.5 Å². The van der Waals surface area contributed by atoms with E-state index >= 15 is 0 Å². The number of amides is 1. The molecule has 42 heavy (non-hydrogen) atoms. The van der Waals surface area contributed by atoms with E-state index in [1.54, 1.807) is 38.4 Å². The van der Waals surface area contributed by atoms with Crippen molar-refractivity contribution in [1.29, 1.82) is 0 Å². The zero-order valence-corrected chi connectivity index (χ0v) is 24.5. The lowest BCUT2D eigenvalue weighted by Crippen LogP contribution is -2.54. The van der Waals surface area contributed by atoms with E-state index < -0.39 is 0 Å². The van der Waals surface area contributed by atoms with Crippen molar-refractivity contribution in [2.24, 2.45) is 0 Å². The molecule has 1 amide bonds. The van der Waals surface area contributed by atoms with Crippen molar-refractivity contribution in [3.05, 3.63) is 84.1 Å². The van der Waals surface area contributed by atoms with Gasteiger partial charge in [0.1, 0.15) is 17.9 Å². The molecule has 2 aromatic heterocycles. The van der Waals surface area contributed by atoms with Crippen LogP contribution in [-0.2, 0) is 17.9 Å². The number of hydrogen-bond donors (Lipinski definition) is 1. The fourth-order valence-electron chi connectivity index (χ4n) is 5.14. The standard InChI is InChI=1S/C31H37N7O4/c1-22-15-29(35-31(34-22)38-12-11-32-21-38)37-14-13-36(19-23-5-8-26(40-2)9-6-23)25(20-37)17-30(39)33-18-24-7-10-27(41-3)28(16-24)42-4/h5-12,15-16,21,25H,13-14,17-20H2,1-4H3,(H,33,39). The van der Waals surface area contributed by atoms with Gasteiger partial charge in [0.25, 0.3) is 0 Å². The minimum atomic E-state index is -0.0294. The average molecular weight is 572 g/mol. The molecule has 2 aromatic carbocycles. The topological polar surface area (TPSA) is 107 Å². The molecule has 1 atom stereocenters. The molecule has 0 bridgehead atoms. The third-order valence-corrected chi connectivity index (χ3v) is 7.40. The predicted octanol–water partition coefficient (Wildman–Crippen LogP) is 3.39. The molecular weight excluding hydrogens is 534 g/mol. The fourth-order valence-corrected chi connectivity index (χ4v) is 5.14. The van der Waals surface area contributed by atoms with Gasteiger partial charge in [0.05, 0.1) is 21.3 Å². The monoisotopic (exact) mass is 571 g/mol. The normalized spacial score (nSPS) is 15.3. The summed E-state index contributed by atoms with van der Waals surface area (Å²) in [4.78, 5) is 31.4. The van der Waals surface area contributed by atoms with Crippen LogP contribution in [0.4, 0.5) is 5.82 Å². The maximum absolute atomic E-state index is 13.3. The lowest BCUT2D eigenvalue weighted by molar-refractivity contribution is -0.122. The minimum Gasteiger partial charge on any atom is -0.497 e. The van der Waals surface area contributed by atoms with Gasteiger partial charge in [0, 0.05) is 69.3 Å². The molecule has 1 aliphatic heterocycles. The van der Waals surface area contributed by atoms with Crippen LogP contribution >= 0.6 is 0 Å². The Bertz CT molecular complexity index is 1480. The SMILES string of the molecule is COc1ccc(CN2CCN(c3cc(C)nc(-n4ccnc4)n3)CC2CC(=O)NCc2ccc(OC)c(OC)c2)cc1. The van der Waals surface area contributed by atoms with Crippen molar-refractivity contribution < 1.29 is 19.0 Å². The number of aromatic nitrogens is 4. The molecule has 1 unspecified atom stereocenters. The second-order valence-electron chi connectivity index (χ2n) is 10.2. The van der Waals surface area contributed by atoms with Crippen LogP contribution in [0.1, 0.15) is 23.2 Å². The van der Waals surface area contributed by atoms with Gasteiger partial charge < -0.3 is 24.4 Å². The van der Waals surface area contributed by atoms with Crippen LogP contribution in [0.2, 0.25) is 0 Å². The summed E-state index contributed by atoms with van der Waals surface area (Å²) in [7, 11) is 4.87. The van der Waals surface area contributed by atoms with Gasteiger partial charge in [0.15, 0.2) is 11.5 Å². The summed E-state index contributed by atoms with van der Waals surface area (Å²) in [5, 5.41) is 3.09. The molecule has 4 aromatic rings. The van der Waals surface area contributed by atoms with E-state index in [1.165, 1.54) is 5.56 Å². The molecule has 11 nitrogen and oxygen atoms in total. The Morgan fingerprint density at radius 1 is 0.952 bits per heavy atom. The minimum absolute atomic E-state index is 0.0191. The van der Waals surface area contributed by atoms with Crippen molar-refractivity contribution in [3.8, 4) is 23.2 Å². The van der Waals surface area contributed by atoms with E-state index in [4.69, 9.17) is 19.2 Å². The maximum atomic E-state index is 13.3. The zero-order valence-electron chi connectivity index (χ0n) is 24.5. The van der Waals surface area contributed by atoms with E-state index in [9.17, 15) is 4.79 Å². The second kappa shape index (κ2) is 13.3. The quantitative estimate of drug-likeness (QED) is 0.290. The maximum Gasteiger partial charge on any atom is 0.237 e. The molecule has 3 heterocycles. The lowest BCUT2D eigenvalue weighted by atomic mass is 10.1. The molecule has 0 radical (unpaired) electrons. The molecule has 0 aliphatic carbocycles. The molecule has 1 aliphatic rings. The highest BCUT2D eigenvalue weighted by Gasteiger charge is 2.30. The number of piperazine rings is 1. The lowest BCUT2D eigenvalue weighted by Gasteiger charge is -2.42. The molecule has 1 saturated heterocycles. The molecule has 1 fully saturated rings. The highest BCUT2D eigenvalue weighted by atomic mass is 16.5. The number of anilines is 1. The Morgan fingerprint density at radius 3 is 2.45 bits per heavy atom. The van der Waals surface area contributed by atoms with Crippen LogP contribution in [0.3, 0.4) is 0 Å². The fraction of sp³-hybridized carbons (Fsp3) is 0.355. The summed E-state index contributed by atoms with van der Waals surface area (Å²) < 4.78 is 17.9. The van der Waals surface area contributed by atoms with Crippen molar-refractivity contribution in [2.75, 3.05) is 45.9 Å². The van der Waals surface area contributed by atoms with E-state index in [0.29, 0.717) is 37.0 Å². The number of benzene rings is 2. The Balaban J connectivity index is 1.32. The van der Waals surface area contributed by atoms with Gasteiger partial charge >= 0.3 is 0 Å². The van der Waals surface area contributed by atoms with E-state index in [1.807, 2.05) is 49.5 Å². The zero-order chi connectivity index (χ0) is 29.5. The van der Waals surface area contributed by atoms with Crippen LogP contribution in [0, 0.1) is 6.92 Å². The van der Waals surface area contributed by atoms with E-state index in [2.05, 4.69) is 37.2 Å². The predicted molar refractivity (Wildman–Crippen MR) is 159 cm³/mol. The van der Waals surface area contributed by atoms with Crippen LogP contribution in [-0.4, -0.2) is 77.3 Å². The van der Waals surface area contributed by atoms with E-state index in [-0.39, 0.29) is 11.9 Å². The third-order valence-electron chi connectivity index (χ3n) is 7.40. The van der Waals surface area contributed by atoms with Crippen molar-refractivity contribution in [3.63, 3.8) is 0 Å². The Morgan fingerprint density at radius 2 is 1.74 bits per heavy atom. The number of ether oxygens (including phenoxy) is 3. The van der Waals surface area contributed by atoms with Crippen LogP contribution < -0.4 is 24.4 Å². The van der Waals surface area contributed by atoms with Crippen molar-refractivity contribution in [2.45, 2.75) is 32.5 Å². The highest BCUT2D eigenvalue weighted by Crippen LogP contribution is 2.28. The molecule has 0 saturated carbocycles. The first-order valence-electron chi connectivity index (χ1n) is 13.9. The number of nitrogens with one attached hydrogen (secondary N) is 1. The second-order valence-corrected chi connectivity index (χ2v) is 10.2. The third kappa shape index (κ3) is 6.98. The number of rotatable bonds is 11. The smallest absolute Gasteiger partial charge is 0.237 e. The Hall–Kier alpha value is -4.64. The number of carbonyl (C=O) groups is 1. The number of imidazole rings is 1. The first kappa shape index (κ1) is 28.9. The number of nitrogens with zero attached hydrogens (tertiary/aromatic N) is 6. The first-order chi connectivity index (χ1) is 20.4. The van der Waals surface area contributed by atoms with Crippen molar-refractivity contribution >= 4 is 11.7 Å². The largest absolute Gasteiger partial charge is 0.497 e. The van der Waals surface area contributed by atoms with Gasteiger partial charge in [-0.3, -0.25) is 14.3 Å². The van der Waals surface area contributed by atoms with Gasteiger partial charge in [-0.25, -0.2) is 9.97 Å². The summed E-state index contributed by atoms with van der Waals surface area (Å²) in [5.74, 6) is 3.50. The van der Waals surface area contributed by atoms with Gasteiger partial charge in [-0.2, -0.15) is 4.98 Å². The molecule has 0 spiro atoms. The summed E-state index contributed by atoms with van der Waals surface area (Å²) >= 11 is 0. The van der Waals surface area contributed by atoms with Gasteiger partial charge in [-0.1, -0.05) is 18.2 Å². The molecule has 5 rings (SSSR count). The van der Waals surface area contributed by atoms with Gasteiger partial charge in [-0.15, -0.1) is 0 Å². The number of carbonyl (C=O) groups excluding carboxylic acids is 1. The number of methoxy groups -OCH3 is 3. The highest BCUT2D eigenvalue weighted by molar-refractivity contribution is 5.76. The Labute approximate surface area is 246 Å². The molecule has 220 valence electrons. The average Bonchev–Trinajstić information content (AvgIpc) is 3.56. The van der Waals surface area contributed by atoms with Crippen LogP contribution in [0.25, 0.3) is 5.95 Å². The number of hydrogen-bond acceptors (Lipinski definition) is 9. The van der Waals surface area contributed by atoms with Crippen molar-refractivity contribution in [1.82, 2.24) is 29.7 Å². The summed E-state index contributed by atoms with van der Waals surface area (Å²) in [6, 6.07) is 15.7. The molecule has 11 heteroatoms. The van der Waals surface area contributed by atoms with Crippen LogP contribution in [0.15, 0.2) is 67.3 Å². The Kier molecular flexibility index (Phi) is 9.18. The summed E-state index contributed by atoms with van der Waals surface area (Å²) in [6.45, 7) is 5.30. The summed E-state index contributed by atoms with van der Waals surface area (Å²) in [5.41, 5.74) is 2.97. The van der Waals surface area contributed by atoms with Crippen LogP contribution in [0.5, 0.6) is 17.2 Å². The van der Waals surface area contributed by atoms with Gasteiger partial charge in [0.2, 0.25) is 11.9 Å². The van der Waals surface area contributed by atoms with Gasteiger partial charge in [-0.05, 0) is 42.3 Å². The molecule has 1 N–H and O–H groups in total. The molecular formula is C31H37N7O4.